The van der Waals surface area contributed by atoms with Crippen LogP contribution in [0.1, 0.15) is 18.9 Å². The number of aromatic hydroxyl groups is 1. The number of rotatable bonds is 5. The van der Waals surface area contributed by atoms with E-state index in [1.54, 1.807) is 55.5 Å². The van der Waals surface area contributed by atoms with E-state index >= 15 is 0 Å². The van der Waals surface area contributed by atoms with Gasteiger partial charge in [0.1, 0.15) is 11.3 Å². The number of hydrazine groups is 1. The molecule has 0 aliphatic carbocycles. The third-order valence-corrected chi connectivity index (χ3v) is 4.99. The average molecular weight is 507 g/mol. The van der Waals surface area contributed by atoms with Crippen LogP contribution in [0.4, 0.5) is 20.1 Å². The number of amides is 7. The summed E-state index contributed by atoms with van der Waals surface area (Å²) in [4.78, 5) is 46.1. The minimum Gasteiger partial charge on any atom is -0.508 e. The van der Waals surface area contributed by atoms with Crippen molar-refractivity contribution in [3.63, 3.8) is 0 Å². The normalized spacial score (nSPS) is 17.1. The van der Waals surface area contributed by atoms with Gasteiger partial charge >= 0.3 is 18.1 Å². The number of phenolic OH excluding ortho intramolecular Hbond substituents is 1. The number of aryl methyl sites for hydroxylation is 1. The van der Waals surface area contributed by atoms with E-state index in [0.717, 1.165) is 4.47 Å². The summed E-state index contributed by atoms with van der Waals surface area (Å²) in [5.41, 5.74) is 10.8. The van der Waals surface area contributed by atoms with Crippen LogP contribution in [0.3, 0.4) is 0 Å². The summed E-state index contributed by atoms with van der Waals surface area (Å²) in [5, 5.41) is 15.7. The molecule has 11 nitrogen and oxygen atoms in total. The Morgan fingerprint density at radius 1 is 1.12 bits per heavy atom. The van der Waals surface area contributed by atoms with Gasteiger partial charge < -0.3 is 27.2 Å². The van der Waals surface area contributed by atoms with Crippen molar-refractivity contribution in [3.05, 3.63) is 58.6 Å². The highest BCUT2D eigenvalue weighted by Gasteiger charge is 2.48. The quantitative estimate of drug-likeness (QED) is 0.339. The molecule has 1 aliphatic rings. The highest BCUT2D eigenvalue weighted by atomic mass is 79.9. The lowest BCUT2D eigenvalue weighted by atomic mass is 9.93. The maximum Gasteiger partial charge on any atom is 0.344 e. The predicted octanol–water partition coefficient (Wildman–Crippen LogP) is 2.16. The predicted molar refractivity (Wildman–Crippen MR) is 120 cm³/mol. The number of imide groups is 1. The number of carbonyl (C=O) groups is 4. The first-order valence-corrected chi connectivity index (χ1v) is 10.1. The molecule has 1 unspecified atom stereocenters. The number of hydrogen-bond donors (Lipinski definition) is 6. The van der Waals surface area contributed by atoms with E-state index in [4.69, 9.17) is 4.79 Å². The molecule has 0 aromatic heterocycles. The summed E-state index contributed by atoms with van der Waals surface area (Å²) in [7, 11) is 0. The molecule has 2 aromatic rings. The number of phenols is 1. The number of hydrogen-bond acceptors (Lipinski definition) is 5. The Labute approximate surface area is 192 Å². The lowest BCUT2D eigenvalue weighted by Crippen LogP contribution is -2.50. The summed E-state index contributed by atoms with van der Waals surface area (Å²) < 4.78 is 0.854. The van der Waals surface area contributed by atoms with Crippen LogP contribution in [-0.4, -0.2) is 39.7 Å². The van der Waals surface area contributed by atoms with Crippen LogP contribution in [0.25, 0.3) is 0 Å². The summed E-state index contributed by atoms with van der Waals surface area (Å²) in [6.07, 6.45) is 0.649. The molecule has 1 fully saturated rings. The van der Waals surface area contributed by atoms with Crippen LogP contribution in [0, 0.1) is 0 Å². The molecule has 1 atom stereocenters. The Kier molecular flexibility index (Phi) is 8.02. The first-order chi connectivity index (χ1) is 15.0. The van der Waals surface area contributed by atoms with Gasteiger partial charge in [-0.1, -0.05) is 34.1 Å². The highest BCUT2D eigenvalue weighted by Crippen LogP contribution is 2.25. The molecule has 12 heteroatoms. The topological polar surface area (TPSA) is 180 Å². The molecule has 0 saturated carbocycles. The number of benzene rings is 2. The second-order valence-corrected chi connectivity index (χ2v) is 7.92. The number of nitrogens with one attached hydrogen (secondary N) is 3. The van der Waals surface area contributed by atoms with Crippen molar-refractivity contribution < 1.29 is 24.3 Å². The molecule has 170 valence electrons. The van der Waals surface area contributed by atoms with E-state index < -0.39 is 29.5 Å². The first kappa shape index (κ1) is 24.5. The second-order valence-electron chi connectivity index (χ2n) is 7.01. The fraction of sp³-hybridized carbons (Fsp3) is 0.200. The average Bonchev–Trinajstić information content (AvgIpc) is 2.92. The lowest BCUT2D eigenvalue weighted by molar-refractivity contribution is -0.132. The Morgan fingerprint density at radius 2 is 1.72 bits per heavy atom. The van der Waals surface area contributed by atoms with Crippen LogP contribution in [0.2, 0.25) is 0 Å². The molecule has 1 heterocycles. The SMILES string of the molecule is CC1(CCc2ccccc2O)NC(=O)N(NC(=O)Nc2ccc(Br)cc2)C1=O.NC(N)=O. The fourth-order valence-electron chi connectivity index (χ4n) is 2.86. The Bertz CT molecular complexity index is 1010. The van der Waals surface area contributed by atoms with E-state index in [0.29, 0.717) is 22.7 Å². The molecule has 0 spiro atoms. The second kappa shape index (κ2) is 10.5. The molecule has 1 aliphatic heterocycles. The molecule has 32 heavy (non-hydrogen) atoms. The molecular weight excluding hydrogens is 484 g/mol. The first-order valence-electron chi connectivity index (χ1n) is 9.33. The van der Waals surface area contributed by atoms with Gasteiger partial charge in [0.15, 0.2) is 0 Å². The molecule has 2 aromatic carbocycles. The standard InChI is InChI=1S/C19H19BrN4O4.CH4N2O/c1-19(11-10-12-4-2-3-5-15(12)25)16(26)24(18(28)22-19)23-17(27)21-14-8-6-13(20)7-9-14;2-1(3)4/h2-9,25H,10-11H2,1H3,(H,22,28)(H2,21,23,27);(H4,2,3,4). The summed E-state index contributed by atoms with van der Waals surface area (Å²) in [6.45, 7) is 1.58. The van der Waals surface area contributed by atoms with Gasteiger partial charge in [-0.3, -0.25) is 4.79 Å². The van der Waals surface area contributed by atoms with Crippen LogP contribution in [-0.2, 0) is 11.2 Å². The number of primary amides is 2. The largest absolute Gasteiger partial charge is 0.508 e. The molecule has 8 N–H and O–H groups in total. The van der Waals surface area contributed by atoms with Crippen LogP contribution in [0.5, 0.6) is 5.75 Å². The monoisotopic (exact) mass is 506 g/mol. The van der Waals surface area contributed by atoms with E-state index in [1.165, 1.54) is 0 Å². The molecule has 0 radical (unpaired) electrons. The maximum atomic E-state index is 12.7. The number of carbonyl (C=O) groups excluding carboxylic acids is 4. The van der Waals surface area contributed by atoms with Gasteiger partial charge in [0, 0.05) is 10.2 Å². The van der Waals surface area contributed by atoms with Gasteiger partial charge in [0.2, 0.25) is 0 Å². The summed E-state index contributed by atoms with van der Waals surface area (Å²) in [5.74, 6) is -0.439. The van der Waals surface area contributed by atoms with E-state index in [9.17, 15) is 19.5 Å². The smallest absolute Gasteiger partial charge is 0.344 e. The Hall–Kier alpha value is -3.80. The highest BCUT2D eigenvalue weighted by molar-refractivity contribution is 9.10. The third-order valence-electron chi connectivity index (χ3n) is 4.46. The molecule has 3 rings (SSSR count). The minimum absolute atomic E-state index is 0.131. The zero-order chi connectivity index (χ0) is 23.9. The van der Waals surface area contributed by atoms with Crippen LogP contribution < -0.4 is 27.5 Å². The Morgan fingerprint density at radius 3 is 2.31 bits per heavy atom. The zero-order valence-electron chi connectivity index (χ0n) is 17.1. The molecule has 7 amide bonds. The van der Waals surface area contributed by atoms with Crippen molar-refractivity contribution in [2.24, 2.45) is 11.5 Å². The Balaban J connectivity index is 0.000000837. The maximum absolute atomic E-state index is 12.7. The van der Waals surface area contributed by atoms with Crippen molar-refractivity contribution in [2.75, 3.05) is 5.32 Å². The van der Waals surface area contributed by atoms with Gasteiger partial charge in [-0.25, -0.2) is 19.8 Å². The van der Waals surface area contributed by atoms with Crippen molar-refractivity contribution >= 4 is 45.6 Å². The lowest BCUT2D eigenvalue weighted by Gasteiger charge is -2.21. The van der Waals surface area contributed by atoms with Gasteiger partial charge in [-0.15, -0.1) is 0 Å². The van der Waals surface area contributed by atoms with Crippen LogP contribution in [0.15, 0.2) is 53.0 Å². The number of halogens is 1. The minimum atomic E-state index is -1.19. The van der Waals surface area contributed by atoms with E-state index in [-0.39, 0.29) is 12.2 Å². The summed E-state index contributed by atoms with van der Waals surface area (Å²) >= 11 is 3.30. The van der Waals surface area contributed by atoms with Crippen LogP contribution >= 0.6 is 15.9 Å². The van der Waals surface area contributed by atoms with Crippen molar-refractivity contribution in [1.82, 2.24) is 15.8 Å². The van der Waals surface area contributed by atoms with E-state index in [2.05, 4.69) is 43.5 Å². The van der Waals surface area contributed by atoms with Crippen molar-refractivity contribution in [1.29, 1.82) is 0 Å². The molecule has 0 bridgehead atoms. The molecular formula is C20H23BrN6O5. The van der Waals surface area contributed by atoms with Crippen molar-refractivity contribution in [2.45, 2.75) is 25.3 Å². The van der Waals surface area contributed by atoms with E-state index in [1.807, 2.05) is 0 Å². The number of nitrogens with two attached hydrogens (primary N) is 2. The van der Waals surface area contributed by atoms with Gasteiger partial charge in [-0.05, 0) is 55.7 Å². The molecule has 1 saturated heterocycles. The number of urea groups is 3. The van der Waals surface area contributed by atoms with Gasteiger partial charge in [0.05, 0.1) is 0 Å². The summed E-state index contributed by atoms with van der Waals surface area (Å²) in [6, 6.07) is 11.4. The third kappa shape index (κ3) is 6.60. The zero-order valence-corrected chi connectivity index (χ0v) is 18.7. The van der Waals surface area contributed by atoms with Gasteiger partial charge in [0.25, 0.3) is 5.91 Å². The number of para-hydroxylation sites is 1. The fourth-order valence-corrected chi connectivity index (χ4v) is 3.12. The number of nitrogens with zero attached hydrogens (tertiary/aromatic N) is 1. The number of anilines is 1. The van der Waals surface area contributed by atoms with Crippen molar-refractivity contribution in [3.8, 4) is 5.75 Å². The van der Waals surface area contributed by atoms with Gasteiger partial charge in [-0.2, -0.15) is 5.01 Å².